The standard InChI is InChI=1S/C40H63IN4O8S/c1-30-36(54-29-43-30)32-15-13-31(14-16-32)27-42-38(48)34-26-33(46)28-45(34)39(49)37(40(2,3)4)44-35(47)12-8-7-11-19-51-21-23-53-25-24-52-22-20-50-18-10-6-5-9-17-41/h13-16,29,33-34,37,46H,5-12,17-28H2,1-4H3,(H,42,48)(H,44,47)/t33-,34+,37?/m1/s1. The van der Waals surface area contributed by atoms with Crippen molar-refractivity contribution < 1.29 is 38.4 Å². The van der Waals surface area contributed by atoms with Crippen LogP contribution in [0.2, 0.25) is 0 Å². The number of carbonyl (C=O) groups is 3. The van der Waals surface area contributed by atoms with Gasteiger partial charge in [0.05, 0.1) is 61.8 Å². The van der Waals surface area contributed by atoms with Gasteiger partial charge in [-0.1, -0.05) is 86.9 Å². The molecule has 0 saturated carbocycles. The first kappa shape index (κ1) is 46.2. The number of halogens is 1. The van der Waals surface area contributed by atoms with E-state index in [2.05, 4.69) is 38.2 Å². The third-order valence-corrected chi connectivity index (χ3v) is 10.9. The fourth-order valence-corrected chi connectivity index (χ4v) is 7.44. The van der Waals surface area contributed by atoms with Gasteiger partial charge in [-0.05, 0) is 53.6 Å². The third kappa shape index (κ3) is 17.3. The summed E-state index contributed by atoms with van der Waals surface area (Å²) in [6.07, 6.45) is 6.78. The SMILES string of the molecule is Cc1ncsc1-c1ccc(CNC(=O)[C@@H]2C[C@@H](O)CN2C(=O)C(NC(=O)CCCCCOCCOCCOCCOCCCCCCI)C(C)(C)C)cc1. The van der Waals surface area contributed by atoms with E-state index >= 15 is 0 Å². The van der Waals surface area contributed by atoms with Crippen LogP contribution in [0.5, 0.6) is 0 Å². The second kappa shape index (κ2) is 25.9. The topological polar surface area (TPSA) is 149 Å². The van der Waals surface area contributed by atoms with Crippen LogP contribution in [0.25, 0.3) is 10.4 Å². The lowest BCUT2D eigenvalue weighted by atomic mass is 9.85. The molecule has 0 bridgehead atoms. The van der Waals surface area contributed by atoms with Gasteiger partial charge in [-0.2, -0.15) is 0 Å². The molecule has 1 saturated heterocycles. The maximum absolute atomic E-state index is 13.9. The van der Waals surface area contributed by atoms with Crippen LogP contribution in [0, 0.1) is 12.3 Å². The smallest absolute Gasteiger partial charge is 0.246 e. The Balaban J connectivity index is 1.28. The van der Waals surface area contributed by atoms with E-state index in [1.165, 1.54) is 28.6 Å². The molecule has 304 valence electrons. The Morgan fingerprint density at radius 2 is 1.46 bits per heavy atom. The van der Waals surface area contributed by atoms with Crippen molar-refractivity contribution in [3.05, 3.63) is 41.0 Å². The molecule has 0 spiro atoms. The molecule has 3 amide bonds. The summed E-state index contributed by atoms with van der Waals surface area (Å²) in [6, 6.07) is 6.26. The summed E-state index contributed by atoms with van der Waals surface area (Å²) in [7, 11) is 0. The first-order valence-electron chi connectivity index (χ1n) is 19.4. The monoisotopic (exact) mass is 886 g/mol. The molecule has 2 aromatic rings. The van der Waals surface area contributed by atoms with Crippen molar-refractivity contribution in [2.75, 3.05) is 63.8 Å². The molecule has 14 heteroatoms. The van der Waals surface area contributed by atoms with E-state index in [1.807, 2.05) is 57.5 Å². The number of ether oxygens (including phenoxy) is 4. The number of hydrogen-bond acceptors (Lipinski definition) is 10. The van der Waals surface area contributed by atoms with Crippen molar-refractivity contribution >= 4 is 51.6 Å². The first-order valence-corrected chi connectivity index (χ1v) is 21.8. The van der Waals surface area contributed by atoms with E-state index < -0.39 is 23.6 Å². The number of nitrogens with one attached hydrogen (secondary N) is 2. The number of hydrogen-bond donors (Lipinski definition) is 3. The minimum Gasteiger partial charge on any atom is -0.391 e. The number of aromatic nitrogens is 1. The van der Waals surface area contributed by atoms with Crippen LogP contribution in [0.1, 0.15) is 89.8 Å². The van der Waals surface area contributed by atoms with E-state index in [9.17, 15) is 19.5 Å². The van der Waals surface area contributed by atoms with Crippen LogP contribution >= 0.6 is 33.9 Å². The molecule has 1 aliphatic rings. The van der Waals surface area contributed by atoms with E-state index in [0.717, 1.165) is 47.6 Å². The van der Waals surface area contributed by atoms with E-state index in [0.29, 0.717) is 59.2 Å². The molecule has 3 rings (SSSR count). The molecule has 12 nitrogen and oxygen atoms in total. The Hall–Kier alpha value is -2.21. The van der Waals surface area contributed by atoms with Crippen LogP contribution in [0.3, 0.4) is 0 Å². The number of benzene rings is 1. The molecular weight excluding hydrogens is 823 g/mol. The Labute approximate surface area is 340 Å². The highest BCUT2D eigenvalue weighted by Gasteiger charge is 2.44. The van der Waals surface area contributed by atoms with Crippen LogP contribution in [-0.4, -0.2) is 115 Å². The number of carbonyl (C=O) groups excluding carboxylic acids is 3. The number of thiazole rings is 1. The van der Waals surface area contributed by atoms with E-state index in [4.69, 9.17) is 18.9 Å². The van der Waals surface area contributed by atoms with Crippen molar-refractivity contribution in [2.45, 2.75) is 110 Å². The summed E-state index contributed by atoms with van der Waals surface area (Å²) >= 11 is 4.00. The molecule has 3 atom stereocenters. The fourth-order valence-electron chi connectivity index (χ4n) is 6.09. The van der Waals surface area contributed by atoms with Crippen molar-refractivity contribution in [1.82, 2.24) is 20.5 Å². The van der Waals surface area contributed by atoms with Crippen molar-refractivity contribution in [2.24, 2.45) is 5.41 Å². The van der Waals surface area contributed by atoms with Gasteiger partial charge in [0.2, 0.25) is 17.7 Å². The molecule has 1 aliphatic heterocycles. The van der Waals surface area contributed by atoms with E-state index in [1.54, 1.807) is 11.3 Å². The fraction of sp³-hybridized carbons (Fsp3) is 0.700. The van der Waals surface area contributed by atoms with Crippen LogP contribution < -0.4 is 10.6 Å². The number of likely N-dealkylation sites (tertiary alicyclic amines) is 1. The largest absolute Gasteiger partial charge is 0.391 e. The number of β-amino-alcohol motifs (C(OH)–C–C–N with tert-alkyl or cyclic N) is 1. The predicted molar refractivity (Wildman–Crippen MR) is 221 cm³/mol. The molecule has 2 heterocycles. The quantitative estimate of drug-likeness (QED) is 0.0571. The lowest BCUT2D eigenvalue weighted by molar-refractivity contribution is -0.144. The first-order chi connectivity index (χ1) is 26.0. The third-order valence-electron chi connectivity index (χ3n) is 9.19. The van der Waals surface area contributed by atoms with Gasteiger partial charge in [0.1, 0.15) is 12.1 Å². The van der Waals surface area contributed by atoms with Gasteiger partial charge in [0.25, 0.3) is 0 Å². The maximum Gasteiger partial charge on any atom is 0.246 e. The lowest BCUT2D eigenvalue weighted by Gasteiger charge is -2.35. The number of amides is 3. The second-order valence-corrected chi connectivity index (χ2v) is 16.7. The summed E-state index contributed by atoms with van der Waals surface area (Å²) in [5.41, 5.74) is 4.18. The zero-order valence-electron chi connectivity index (χ0n) is 32.7. The molecule has 1 aromatic carbocycles. The average Bonchev–Trinajstić information content (AvgIpc) is 3.76. The highest BCUT2D eigenvalue weighted by Crippen LogP contribution is 2.28. The summed E-state index contributed by atoms with van der Waals surface area (Å²) in [6.45, 7) is 12.6. The summed E-state index contributed by atoms with van der Waals surface area (Å²) in [5, 5.41) is 16.4. The number of aliphatic hydroxyl groups is 1. The number of aliphatic hydroxyl groups excluding tert-OH is 1. The Bertz CT molecular complexity index is 1370. The average molecular weight is 887 g/mol. The predicted octanol–water partition coefficient (Wildman–Crippen LogP) is 5.85. The Kier molecular flexibility index (Phi) is 22.1. The summed E-state index contributed by atoms with van der Waals surface area (Å²) in [4.78, 5) is 47.1. The molecule has 1 fully saturated rings. The summed E-state index contributed by atoms with van der Waals surface area (Å²) < 4.78 is 23.6. The molecule has 0 aliphatic carbocycles. The van der Waals surface area contributed by atoms with Crippen LogP contribution in [-0.2, 0) is 39.9 Å². The van der Waals surface area contributed by atoms with Gasteiger partial charge in [-0.15, -0.1) is 11.3 Å². The van der Waals surface area contributed by atoms with Gasteiger partial charge in [-0.3, -0.25) is 14.4 Å². The van der Waals surface area contributed by atoms with Crippen LogP contribution in [0.15, 0.2) is 29.8 Å². The molecule has 0 radical (unpaired) electrons. The summed E-state index contributed by atoms with van der Waals surface area (Å²) in [5.74, 6) is -0.911. The molecule has 1 unspecified atom stereocenters. The van der Waals surface area contributed by atoms with Crippen molar-refractivity contribution in [3.63, 3.8) is 0 Å². The minimum atomic E-state index is -0.847. The number of rotatable bonds is 27. The van der Waals surface area contributed by atoms with Gasteiger partial charge < -0.3 is 39.6 Å². The number of aryl methyl sites for hydroxylation is 1. The van der Waals surface area contributed by atoms with Crippen molar-refractivity contribution in [3.8, 4) is 10.4 Å². The molecule has 3 N–H and O–H groups in total. The van der Waals surface area contributed by atoms with Gasteiger partial charge in [0.15, 0.2) is 0 Å². The Morgan fingerprint density at radius 3 is 2.02 bits per heavy atom. The Morgan fingerprint density at radius 1 is 0.889 bits per heavy atom. The zero-order valence-corrected chi connectivity index (χ0v) is 35.7. The van der Waals surface area contributed by atoms with Crippen LogP contribution in [0.4, 0.5) is 0 Å². The van der Waals surface area contributed by atoms with Gasteiger partial charge in [-0.25, -0.2) is 4.98 Å². The second-order valence-electron chi connectivity index (χ2n) is 14.8. The lowest BCUT2D eigenvalue weighted by Crippen LogP contribution is -2.57. The molecule has 1 aromatic heterocycles. The number of nitrogens with zero attached hydrogens (tertiary/aromatic N) is 2. The van der Waals surface area contributed by atoms with Crippen molar-refractivity contribution in [1.29, 1.82) is 0 Å². The highest BCUT2D eigenvalue weighted by atomic mass is 127. The number of unbranched alkanes of at least 4 members (excludes halogenated alkanes) is 5. The number of alkyl halides is 1. The molecule has 54 heavy (non-hydrogen) atoms. The highest BCUT2D eigenvalue weighted by molar-refractivity contribution is 14.1. The minimum absolute atomic E-state index is 0.0374. The zero-order chi connectivity index (χ0) is 39.2. The van der Waals surface area contributed by atoms with Gasteiger partial charge >= 0.3 is 0 Å². The van der Waals surface area contributed by atoms with Gasteiger partial charge in [0, 0.05) is 39.1 Å². The van der Waals surface area contributed by atoms with E-state index in [-0.39, 0.29) is 37.1 Å². The molecular formula is C40H63IN4O8S. The maximum atomic E-state index is 13.9. The normalized spacial score (nSPS) is 16.4.